The quantitative estimate of drug-likeness (QED) is 0.907. The molecule has 2 aromatic rings. The van der Waals surface area contributed by atoms with Gasteiger partial charge in [0.2, 0.25) is 0 Å². The van der Waals surface area contributed by atoms with Gasteiger partial charge in [0.1, 0.15) is 17.4 Å². The molecule has 0 aliphatic rings. The summed E-state index contributed by atoms with van der Waals surface area (Å²) in [6.45, 7) is 2.02. The van der Waals surface area contributed by atoms with Crippen molar-refractivity contribution in [1.82, 2.24) is 0 Å². The van der Waals surface area contributed by atoms with E-state index in [2.05, 4.69) is 11.4 Å². The second-order valence-corrected chi connectivity index (χ2v) is 5.14. The molecular formula is C14H13FN2S. The van der Waals surface area contributed by atoms with Gasteiger partial charge >= 0.3 is 0 Å². The van der Waals surface area contributed by atoms with Gasteiger partial charge in [0.15, 0.2) is 0 Å². The summed E-state index contributed by atoms with van der Waals surface area (Å²) in [6.07, 6.45) is 0.860. The predicted molar refractivity (Wildman–Crippen MR) is 72.2 cm³/mol. The Morgan fingerprint density at radius 3 is 2.89 bits per heavy atom. The molecule has 1 unspecified atom stereocenters. The molecule has 0 saturated heterocycles. The summed E-state index contributed by atoms with van der Waals surface area (Å²) in [4.78, 5) is 1.27. The lowest BCUT2D eigenvalue weighted by atomic mass is 10.1. The minimum absolute atomic E-state index is 0.0792. The van der Waals surface area contributed by atoms with Gasteiger partial charge in [0, 0.05) is 17.3 Å². The van der Waals surface area contributed by atoms with E-state index in [1.807, 2.05) is 24.4 Å². The van der Waals surface area contributed by atoms with E-state index < -0.39 is 5.82 Å². The molecule has 4 heteroatoms. The van der Waals surface area contributed by atoms with E-state index in [1.165, 1.54) is 10.9 Å². The van der Waals surface area contributed by atoms with Gasteiger partial charge in [-0.15, -0.1) is 11.3 Å². The standard InChI is InChI=1S/C14H13FN2S/c1-10(8-11-4-3-7-18-11)17-14-6-2-5-13(15)12(14)9-16/h2-7,10,17H,8H2,1H3. The van der Waals surface area contributed by atoms with Crippen LogP contribution in [0.2, 0.25) is 0 Å². The molecule has 1 N–H and O–H groups in total. The van der Waals surface area contributed by atoms with E-state index in [4.69, 9.17) is 5.26 Å². The minimum atomic E-state index is -0.481. The van der Waals surface area contributed by atoms with Gasteiger partial charge in [-0.05, 0) is 30.5 Å². The SMILES string of the molecule is CC(Cc1cccs1)Nc1cccc(F)c1C#N. The third kappa shape index (κ3) is 2.88. The van der Waals surface area contributed by atoms with E-state index in [9.17, 15) is 4.39 Å². The highest BCUT2D eigenvalue weighted by Crippen LogP contribution is 2.20. The van der Waals surface area contributed by atoms with Crippen molar-refractivity contribution in [2.45, 2.75) is 19.4 Å². The minimum Gasteiger partial charge on any atom is -0.381 e. The number of nitrogens with zero attached hydrogens (tertiary/aromatic N) is 1. The van der Waals surface area contributed by atoms with Crippen molar-refractivity contribution < 1.29 is 4.39 Å². The summed E-state index contributed by atoms with van der Waals surface area (Å²) in [5.41, 5.74) is 0.636. The number of thiophene rings is 1. The van der Waals surface area contributed by atoms with Gasteiger partial charge < -0.3 is 5.32 Å². The second kappa shape index (κ2) is 5.65. The molecule has 0 radical (unpaired) electrons. The zero-order chi connectivity index (χ0) is 13.0. The Hall–Kier alpha value is -1.86. The van der Waals surface area contributed by atoms with Gasteiger partial charge in [-0.1, -0.05) is 12.1 Å². The van der Waals surface area contributed by atoms with Crippen molar-refractivity contribution in [3.63, 3.8) is 0 Å². The monoisotopic (exact) mass is 260 g/mol. The molecule has 92 valence electrons. The highest BCUT2D eigenvalue weighted by Gasteiger charge is 2.10. The Morgan fingerprint density at radius 2 is 2.22 bits per heavy atom. The Labute approximate surface area is 110 Å². The molecule has 0 aliphatic carbocycles. The predicted octanol–water partition coefficient (Wildman–Crippen LogP) is 3.80. The first-order chi connectivity index (χ1) is 8.70. The number of nitrogens with one attached hydrogen (secondary N) is 1. The molecule has 2 rings (SSSR count). The highest BCUT2D eigenvalue weighted by atomic mass is 32.1. The summed E-state index contributed by atoms with van der Waals surface area (Å²) in [5, 5.41) is 14.2. The van der Waals surface area contributed by atoms with Crippen LogP contribution in [0.5, 0.6) is 0 Å². The van der Waals surface area contributed by atoms with Crippen LogP contribution in [0, 0.1) is 17.1 Å². The van der Waals surface area contributed by atoms with Crippen LogP contribution < -0.4 is 5.32 Å². The summed E-state index contributed by atoms with van der Waals surface area (Å²) in [6, 6.07) is 10.8. The lowest BCUT2D eigenvalue weighted by Gasteiger charge is -2.15. The lowest BCUT2D eigenvalue weighted by Crippen LogP contribution is -2.18. The molecule has 18 heavy (non-hydrogen) atoms. The Kier molecular flexibility index (Phi) is 3.96. The first-order valence-electron chi connectivity index (χ1n) is 5.68. The summed E-state index contributed by atoms with van der Waals surface area (Å²) >= 11 is 1.70. The van der Waals surface area contributed by atoms with Crippen LogP contribution >= 0.6 is 11.3 Å². The molecule has 1 aromatic carbocycles. The molecule has 0 amide bonds. The van der Waals surface area contributed by atoms with Crippen LogP contribution in [0.4, 0.5) is 10.1 Å². The lowest BCUT2D eigenvalue weighted by molar-refractivity contribution is 0.624. The molecule has 1 atom stereocenters. The van der Waals surface area contributed by atoms with E-state index in [-0.39, 0.29) is 11.6 Å². The molecule has 1 aromatic heterocycles. The number of hydrogen-bond donors (Lipinski definition) is 1. The van der Waals surface area contributed by atoms with Crippen LogP contribution in [0.25, 0.3) is 0 Å². The number of halogens is 1. The van der Waals surface area contributed by atoms with Crippen LogP contribution in [0.1, 0.15) is 17.4 Å². The molecule has 0 aliphatic heterocycles. The highest BCUT2D eigenvalue weighted by molar-refractivity contribution is 7.09. The van der Waals surface area contributed by atoms with Crippen LogP contribution in [0.3, 0.4) is 0 Å². The maximum absolute atomic E-state index is 13.4. The number of rotatable bonds is 4. The molecule has 0 bridgehead atoms. The van der Waals surface area contributed by atoms with Gasteiger partial charge in [-0.3, -0.25) is 0 Å². The van der Waals surface area contributed by atoms with Crippen molar-refractivity contribution in [3.8, 4) is 6.07 Å². The number of benzene rings is 1. The molecule has 1 heterocycles. The molecule has 0 spiro atoms. The van der Waals surface area contributed by atoms with Gasteiger partial charge in [0.05, 0.1) is 5.69 Å². The fraction of sp³-hybridized carbons (Fsp3) is 0.214. The molecule has 2 nitrogen and oxygen atoms in total. The third-order valence-electron chi connectivity index (χ3n) is 2.61. The topological polar surface area (TPSA) is 35.8 Å². The Bertz CT molecular complexity index is 558. The zero-order valence-corrected chi connectivity index (χ0v) is 10.8. The van der Waals surface area contributed by atoms with E-state index in [0.29, 0.717) is 5.69 Å². The number of anilines is 1. The number of nitriles is 1. The van der Waals surface area contributed by atoms with E-state index in [0.717, 1.165) is 6.42 Å². The van der Waals surface area contributed by atoms with Crippen molar-refractivity contribution in [2.75, 3.05) is 5.32 Å². The average Bonchev–Trinajstić information content (AvgIpc) is 2.82. The first kappa shape index (κ1) is 12.6. The van der Waals surface area contributed by atoms with Crippen molar-refractivity contribution in [2.24, 2.45) is 0 Å². The zero-order valence-electron chi connectivity index (χ0n) is 9.98. The van der Waals surface area contributed by atoms with Crippen molar-refractivity contribution in [3.05, 3.63) is 52.0 Å². The van der Waals surface area contributed by atoms with Gasteiger partial charge in [-0.2, -0.15) is 5.26 Å². The smallest absolute Gasteiger partial charge is 0.143 e. The van der Waals surface area contributed by atoms with Crippen LogP contribution in [0.15, 0.2) is 35.7 Å². The second-order valence-electron chi connectivity index (χ2n) is 4.10. The Balaban J connectivity index is 2.10. The third-order valence-corrected chi connectivity index (χ3v) is 3.51. The van der Waals surface area contributed by atoms with Crippen molar-refractivity contribution >= 4 is 17.0 Å². The van der Waals surface area contributed by atoms with Crippen LogP contribution in [-0.2, 0) is 6.42 Å². The number of hydrogen-bond acceptors (Lipinski definition) is 3. The summed E-state index contributed by atoms with van der Waals surface area (Å²) in [5.74, 6) is -0.481. The largest absolute Gasteiger partial charge is 0.381 e. The fourth-order valence-corrected chi connectivity index (χ4v) is 2.64. The normalized spacial score (nSPS) is 11.8. The molecule has 0 saturated carbocycles. The Morgan fingerprint density at radius 1 is 1.39 bits per heavy atom. The maximum atomic E-state index is 13.4. The van der Waals surface area contributed by atoms with E-state index >= 15 is 0 Å². The fourth-order valence-electron chi connectivity index (χ4n) is 1.81. The van der Waals surface area contributed by atoms with Gasteiger partial charge in [-0.25, -0.2) is 4.39 Å². The first-order valence-corrected chi connectivity index (χ1v) is 6.56. The van der Waals surface area contributed by atoms with E-state index in [1.54, 1.807) is 23.5 Å². The van der Waals surface area contributed by atoms with Gasteiger partial charge in [0.25, 0.3) is 0 Å². The van der Waals surface area contributed by atoms with Crippen molar-refractivity contribution in [1.29, 1.82) is 5.26 Å². The van der Waals surface area contributed by atoms with Crippen LogP contribution in [-0.4, -0.2) is 6.04 Å². The molecule has 0 fully saturated rings. The average molecular weight is 260 g/mol. The summed E-state index contributed by atoms with van der Waals surface area (Å²) < 4.78 is 13.4. The summed E-state index contributed by atoms with van der Waals surface area (Å²) in [7, 11) is 0. The molecular weight excluding hydrogens is 247 g/mol. The maximum Gasteiger partial charge on any atom is 0.143 e.